The third kappa shape index (κ3) is 4.11. The van der Waals surface area contributed by atoms with Crippen LogP contribution in [0.1, 0.15) is 19.8 Å². The second-order valence-corrected chi connectivity index (χ2v) is 5.62. The molecule has 0 saturated carbocycles. The lowest BCUT2D eigenvalue weighted by atomic mass is 9.98. The van der Waals surface area contributed by atoms with Gasteiger partial charge in [0.15, 0.2) is 6.10 Å². The third-order valence-electron chi connectivity index (χ3n) is 3.54. The van der Waals surface area contributed by atoms with Crippen molar-refractivity contribution in [2.75, 3.05) is 13.1 Å². The summed E-state index contributed by atoms with van der Waals surface area (Å²) in [5.41, 5.74) is 0. The first-order valence-corrected chi connectivity index (χ1v) is 7.29. The minimum Gasteiger partial charge on any atom is -0.481 e. The van der Waals surface area contributed by atoms with Gasteiger partial charge in [0.2, 0.25) is 0 Å². The average molecular weight is 312 g/mol. The van der Waals surface area contributed by atoms with Crippen molar-refractivity contribution in [2.45, 2.75) is 25.9 Å². The van der Waals surface area contributed by atoms with E-state index in [9.17, 15) is 9.59 Å². The van der Waals surface area contributed by atoms with Crippen molar-refractivity contribution < 1.29 is 19.4 Å². The molecule has 1 aromatic carbocycles. The molecule has 1 amide bonds. The van der Waals surface area contributed by atoms with Crippen molar-refractivity contribution in [1.29, 1.82) is 0 Å². The summed E-state index contributed by atoms with van der Waals surface area (Å²) in [4.78, 5) is 24.9. The molecule has 5 nitrogen and oxygen atoms in total. The van der Waals surface area contributed by atoms with E-state index in [-0.39, 0.29) is 12.5 Å². The van der Waals surface area contributed by atoms with E-state index in [0.717, 1.165) is 0 Å². The van der Waals surface area contributed by atoms with Crippen LogP contribution in [0.5, 0.6) is 5.75 Å². The molecule has 1 heterocycles. The van der Waals surface area contributed by atoms with Crippen molar-refractivity contribution in [3.63, 3.8) is 0 Å². The number of amides is 1. The van der Waals surface area contributed by atoms with Crippen molar-refractivity contribution in [3.05, 3.63) is 29.3 Å². The van der Waals surface area contributed by atoms with Gasteiger partial charge in [0, 0.05) is 18.1 Å². The Labute approximate surface area is 128 Å². The number of hydrogen-bond acceptors (Lipinski definition) is 3. The maximum absolute atomic E-state index is 12.3. The van der Waals surface area contributed by atoms with Gasteiger partial charge in [0.05, 0.1) is 5.92 Å². The zero-order valence-electron chi connectivity index (χ0n) is 11.8. The molecule has 1 aromatic rings. The lowest BCUT2D eigenvalue weighted by Gasteiger charge is -2.32. The van der Waals surface area contributed by atoms with Gasteiger partial charge in [0.1, 0.15) is 5.75 Å². The van der Waals surface area contributed by atoms with Crippen molar-refractivity contribution in [1.82, 2.24) is 4.90 Å². The van der Waals surface area contributed by atoms with Gasteiger partial charge in [-0.05, 0) is 38.0 Å². The predicted molar refractivity (Wildman–Crippen MR) is 78.5 cm³/mol. The Balaban J connectivity index is 1.97. The van der Waals surface area contributed by atoms with Crippen LogP contribution in [0.25, 0.3) is 0 Å². The molecule has 2 atom stereocenters. The standard InChI is InChI=1S/C15H18ClNO4/c1-10(21-13-6-2-5-12(16)8-13)14(18)17-7-3-4-11(9-17)15(19)20/h2,5-6,8,10-11H,3-4,7,9H2,1H3,(H,19,20)/t10?,11-/m0/s1. The summed E-state index contributed by atoms with van der Waals surface area (Å²) in [6.07, 6.45) is 0.644. The fourth-order valence-corrected chi connectivity index (χ4v) is 2.61. The van der Waals surface area contributed by atoms with Crippen molar-refractivity contribution >= 4 is 23.5 Å². The van der Waals surface area contributed by atoms with E-state index in [1.54, 1.807) is 36.1 Å². The molecule has 1 saturated heterocycles. The van der Waals surface area contributed by atoms with Gasteiger partial charge in [-0.3, -0.25) is 9.59 Å². The van der Waals surface area contributed by atoms with Crippen molar-refractivity contribution in [2.24, 2.45) is 5.92 Å². The van der Waals surface area contributed by atoms with Crippen LogP contribution in [0.3, 0.4) is 0 Å². The molecule has 1 N–H and O–H groups in total. The van der Waals surface area contributed by atoms with E-state index in [1.807, 2.05) is 0 Å². The highest BCUT2D eigenvalue weighted by Crippen LogP contribution is 2.21. The van der Waals surface area contributed by atoms with E-state index in [1.165, 1.54) is 0 Å². The Hall–Kier alpha value is -1.75. The molecule has 0 spiro atoms. The zero-order chi connectivity index (χ0) is 15.4. The Morgan fingerprint density at radius 2 is 2.24 bits per heavy atom. The number of carboxylic acid groups (broad SMARTS) is 1. The number of hydrogen-bond donors (Lipinski definition) is 1. The van der Waals surface area contributed by atoms with Crippen LogP contribution < -0.4 is 4.74 Å². The minimum atomic E-state index is -0.851. The number of benzene rings is 1. The molecule has 1 fully saturated rings. The molecule has 114 valence electrons. The molecule has 2 rings (SSSR count). The molecule has 1 aliphatic heterocycles. The number of aliphatic carboxylic acids is 1. The maximum atomic E-state index is 12.3. The number of rotatable bonds is 4. The van der Waals surface area contributed by atoms with Gasteiger partial charge in [-0.15, -0.1) is 0 Å². The Morgan fingerprint density at radius 1 is 1.48 bits per heavy atom. The monoisotopic (exact) mass is 311 g/mol. The number of ether oxygens (including phenoxy) is 1. The van der Waals surface area contributed by atoms with Crippen molar-refractivity contribution in [3.8, 4) is 5.75 Å². The van der Waals surface area contributed by atoms with Crippen LogP contribution in [0.4, 0.5) is 0 Å². The first kappa shape index (κ1) is 15.6. The van der Waals surface area contributed by atoms with Crippen LogP contribution in [0, 0.1) is 5.92 Å². The van der Waals surface area contributed by atoms with E-state index in [4.69, 9.17) is 21.4 Å². The fourth-order valence-electron chi connectivity index (χ4n) is 2.43. The highest BCUT2D eigenvalue weighted by Gasteiger charge is 2.30. The van der Waals surface area contributed by atoms with Crippen LogP contribution in [-0.4, -0.2) is 41.1 Å². The molecular weight excluding hydrogens is 294 g/mol. The molecule has 1 aliphatic rings. The number of nitrogens with zero attached hydrogens (tertiary/aromatic N) is 1. The minimum absolute atomic E-state index is 0.194. The molecule has 21 heavy (non-hydrogen) atoms. The number of carbonyl (C=O) groups is 2. The van der Waals surface area contributed by atoms with E-state index in [2.05, 4.69) is 0 Å². The Kier molecular flexibility index (Phi) is 5.07. The highest BCUT2D eigenvalue weighted by molar-refractivity contribution is 6.30. The van der Waals surface area contributed by atoms with Crippen LogP contribution in [-0.2, 0) is 9.59 Å². The molecule has 0 aromatic heterocycles. The Bertz CT molecular complexity index is 534. The average Bonchev–Trinajstić information content (AvgIpc) is 2.46. The first-order valence-electron chi connectivity index (χ1n) is 6.91. The third-order valence-corrected chi connectivity index (χ3v) is 3.77. The Morgan fingerprint density at radius 3 is 2.90 bits per heavy atom. The summed E-state index contributed by atoms with van der Waals surface area (Å²) in [5.74, 6) is -1.01. The normalized spacial score (nSPS) is 19.9. The second-order valence-electron chi connectivity index (χ2n) is 5.18. The van der Waals surface area contributed by atoms with Gasteiger partial charge in [-0.1, -0.05) is 17.7 Å². The lowest BCUT2D eigenvalue weighted by molar-refractivity contribution is -0.147. The van der Waals surface area contributed by atoms with Gasteiger partial charge < -0.3 is 14.7 Å². The summed E-state index contributed by atoms with van der Waals surface area (Å²) < 4.78 is 5.58. The largest absolute Gasteiger partial charge is 0.481 e. The van der Waals surface area contributed by atoms with Crippen LogP contribution in [0.15, 0.2) is 24.3 Å². The second kappa shape index (κ2) is 6.80. The number of carbonyl (C=O) groups excluding carboxylic acids is 1. The van der Waals surface area contributed by atoms with Crippen LogP contribution >= 0.6 is 11.6 Å². The summed E-state index contributed by atoms with van der Waals surface area (Å²) in [5, 5.41) is 9.60. The number of carboxylic acids is 1. The SMILES string of the molecule is CC(Oc1cccc(Cl)c1)C(=O)N1CCC[C@H](C(=O)O)C1. The predicted octanol–water partition coefficient (Wildman–Crippen LogP) is 2.43. The van der Waals surface area contributed by atoms with E-state index in [0.29, 0.717) is 30.2 Å². The van der Waals surface area contributed by atoms with E-state index >= 15 is 0 Å². The number of piperidine rings is 1. The van der Waals surface area contributed by atoms with Gasteiger partial charge in [0.25, 0.3) is 5.91 Å². The highest BCUT2D eigenvalue weighted by atomic mass is 35.5. The summed E-state index contributed by atoms with van der Waals surface area (Å²) in [6, 6.07) is 6.84. The molecule has 1 unspecified atom stereocenters. The number of likely N-dealkylation sites (tertiary alicyclic amines) is 1. The fraction of sp³-hybridized carbons (Fsp3) is 0.467. The topological polar surface area (TPSA) is 66.8 Å². The van der Waals surface area contributed by atoms with E-state index < -0.39 is 18.0 Å². The van der Waals surface area contributed by atoms with Gasteiger partial charge >= 0.3 is 5.97 Å². The number of halogens is 1. The smallest absolute Gasteiger partial charge is 0.308 e. The van der Waals surface area contributed by atoms with Gasteiger partial charge in [-0.25, -0.2) is 0 Å². The summed E-state index contributed by atoms with van der Waals surface area (Å²) in [6.45, 7) is 2.48. The summed E-state index contributed by atoms with van der Waals surface area (Å²) in [7, 11) is 0. The maximum Gasteiger partial charge on any atom is 0.308 e. The lowest BCUT2D eigenvalue weighted by Crippen LogP contribution is -2.47. The van der Waals surface area contributed by atoms with Crippen LogP contribution in [0.2, 0.25) is 5.02 Å². The first-order chi connectivity index (χ1) is 9.97. The molecular formula is C15H18ClNO4. The quantitative estimate of drug-likeness (QED) is 0.927. The van der Waals surface area contributed by atoms with Gasteiger partial charge in [-0.2, -0.15) is 0 Å². The molecule has 0 radical (unpaired) electrons. The summed E-state index contributed by atoms with van der Waals surface area (Å²) >= 11 is 5.87. The zero-order valence-corrected chi connectivity index (χ0v) is 12.5. The molecule has 6 heteroatoms. The molecule has 0 bridgehead atoms. The molecule has 0 aliphatic carbocycles.